The number of aliphatic hydroxyl groups excluding tert-OH is 1. The van der Waals surface area contributed by atoms with E-state index in [0.29, 0.717) is 29.7 Å². The molecule has 2 saturated carbocycles. The number of carbonyl (C=O) groups is 2. The third kappa shape index (κ3) is 4.98. The number of methoxy groups -OCH3 is 1. The molecule has 0 heterocycles. The van der Waals surface area contributed by atoms with Crippen LogP contribution in [0.5, 0.6) is 5.75 Å². The van der Waals surface area contributed by atoms with Gasteiger partial charge >= 0.3 is 11.9 Å². The van der Waals surface area contributed by atoms with Crippen LogP contribution in [0.25, 0.3) is 0 Å². The molecule has 2 aliphatic carbocycles. The number of hydrogen-bond acceptors (Lipinski definition) is 7. The van der Waals surface area contributed by atoms with Crippen molar-refractivity contribution >= 4 is 11.9 Å². The quantitative estimate of drug-likeness (QED) is 0.455. The Kier molecular flexibility index (Phi) is 8.02. The van der Waals surface area contributed by atoms with E-state index in [4.69, 9.17) is 14.2 Å². The van der Waals surface area contributed by atoms with E-state index in [1.54, 1.807) is 51.3 Å². The molecule has 1 unspecified atom stereocenters. The SMILES string of the molecule is C/C=C(\C)C(=O)O[C@@H]1CC(C)C[C@H](OC(=O)c2ccc(OC)cc2)[C@@H]2[C@]1(C)[C@H](O)C[C@@]2(O)C(C)C. The molecule has 2 N–H and O–H groups in total. The molecule has 0 aromatic heterocycles. The number of aliphatic hydroxyl groups is 2. The highest BCUT2D eigenvalue weighted by Crippen LogP contribution is 2.59. The van der Waals surface area contributed by atoms with Gasteiger partial charge in [-0.1, -0.05) is 33.8 Å². The van der Waals surface area contributed by atoms with Crippen LogP contribution >= 0.6 is 0 Å². The highest BCUT2D eigenvalue weighted by molar-refractivity contribution is 5.89. The van der Waals surface area contributed by atoms with Gasteiger partial charge in [0.25, 0.3) is 0 Å². The van der Waals surface area contributed by atoms with Crippen molar-refractivity contribution in [2.75, 3.05) is 7.11 Å². The summed E-state index contributed by atoms with van der Waals surface area (Å²) in [5.41, 5.74) is -1.44. The molecule has 0 spiro atoms. The molecular weight excluding hydrogens is 448 g/mol. The molecule has 0 bridgehead atoms. The summed E-state index contributed by atoms with van der Waals surface area (Å²) in [6.07, 6.45) is 0.553. The Morgan fingerprint density at radius 3 is 2.31 bits per heavy atom. The number of hydrogen-bond donors (Lipinski definition) is 2. The molecule has 7 heteroatoms. The summed E-state index contributed by atoms with van der Waals surface area (Å²) in [6.45, 7) is 11.1. The smallest absolute Gasteiger partial charge is 0.338 e. The van der Waals surface area contributed by atoms with Crippen LogP contribution in [-0.2, 0) is 14.3 Å². The molecule has 194 valence electrons. The molecule has 0 radical (unpaired) electrons. The summed E-state index contributed by atoms with van der Waals surface area (Å²) in [5, 5.41) is 23.3. The number of benzene rings is 1. The molecule has 1 aromatic rings. The van der Waals surface area contributed by atoms with Crippen LogP contribution in [0.15, 0.2) is 35.9 Å². The molecule has 2 fully saturated rings. The van der Waals surface area contributed by atoms with Crippen LogP contribution in [0.4, 0.5) is 0 Å². The lowest BCUT2D eigenvalue weighted by molar-refractivity contribution is -0.170. The van der Waals surface area contributed by atoms with E-state index in [2.05, 4.69) is 0 Å². The van der Waals surface area contributed by atoms with Gasteiger partial charge in [0.1, 0.15) is 18.0 Å². The summed E-state index contributed by atoms with van der Waals surface area (Å²) in [6, 6.07) is 6.67. The fraction of sp³-hybridized carbons (Fsp3) is 0.643. The Bertz CT molecular complexity index is 953. The average Bonchev–Trinajstić information content (AvgIpc) is 2.96. The third-order valence-corrected chi connectivity index (χ3v) is 8.35. The van der Waals surface area contributed by atoms with E-state index >= 15 is 0 Å². The summed E-state index contributed by atoms with van der Waals surface area (Å²) in [7, 11) is 1.56. The standard InChI is InChI=1S/C28H40O7/c1-8-18(5)25(30)35-23-14-17(4)13-21(34-26(31)19-9-11-20(33-7)12-10-19)24-27(23,6)22(29)15-28(24,32)16(2)3/h8-12,16-17,21-24,29,32H,13-15H2,1-7H3/b18-8+/t17?,21-,22+,23+,24+,27+,28+/m0/s1. The van der Waals surface area contributed by atoms with Gasteiger partial charge < -0.3 is 24.4 Å². The lowest BCUT2D eigenvalue weighted by atomic mass is 9.66. The van der Waals surface area contributed by atoms with Gasteiger partial charge in [0.05, 0.1) is 24.4 Å². The van der Waals surface area contributed by atoms with Gasteiger partial charge in [-0.05, 0) is 62.8 Å². The zero-order valence-electron chi connectivity index (χ0n) is 21.9. The number of allylic oxidation sites excluding steroid dienone is 1. The van der Waals surface area contributed by atoms with Crippen LogP contribution in [0, 0.1) is 23.2 Å². The fourth-order valence-electron chi connectivity index (χ4n) is 5.95. The summed E-state index contributed by atoms with van der Waals surface area (Å²) < 4.78 is 17.3. The normalized spacial score (nSPS) is 35.3. The second kappa shape index (κ2) is 10.3. The molecule has 0 amide bonds. The van der Waals surface area contributed by atoms with E-state index in [9.17, 15) is 19.8 Å². The van der Waals surface area contributed by atoms with Crippen molar-refractivity contribution in [2.24, 2.45) is 23.2 Å². The molecule has 0 aliphatic heterocycles. The molecule has 0 saturated heterocycles. The molecule has 35 heavy (non-hydrogen) atoms. The van der Waals surface area contributed by atoms with Crippen LogP contribution in [0.3, 0.4) is 0 Å². The van der Waals surface area contributed by atoms with Crippen molar-refractivity contribution in [3.63, 3.8) is 0 Å². The molecule has 2 aliphatic rings. The van der Waals surface area contributed by atoms with Gasteiger partial charge in [0.15, 0.2) is 0 Å². The predicted octanol–water partition coefficient (Wildman–Crippen LogP) is 4.30. The molecule has 7 nitrogen and oxygen atoms in total. The number of carbonyl (C=O) groups excluding carboxylic acids is 2. The predicted molar refractivity (Wildman–Crippen MR) is 132 cm³/mol. The maximum atomic E-state index is 13.2. The summed E-state index contributed by atoms with van der Waals surface area (Å²) in [5.74, 6) is -1.12. The van der Waals surface area contributed by atoms with Crippen LogP contribution in [0.1, 0.15) is 71.2 Å². The summed E-state index contributed by atoms with van der Waals surface area (Å²) >= 11 is 0. The Morgan fingerprint density at radius 1 is 1.14 bits per heavy atom. The number of ether oxygens (including phenoxy) is 3. The topological polar surface area (TPSA) is 102 Å². The van der Waals surface area contributed by atoms with E-state index in [-0.39, 0.29) is 18.3 Å². The van der Waals surface area contributed by atoms with Crippen molar-refractivity contribution in [2.45, 2.75) is 84.7 Å². The Labute approximate surface area is 208 Å². The second-order valence-corrected chi connectivity index (χ2v) is 10.8. The van der Waals surface area contributed by atoms with Gasteiger partial charge in [-0.15, -0.1) is 0 Å². The third-order valence-electron chi connectivity index (χ3n) is 8.35. The number of fused-ring (bicyclic) bond motifs is 1. The first kappa shape index (κ1) is 27.2. The van der Waals surface area contributed by atoms with Crippen LogP contribution in [-0.4, -0.2) is 53.2 Å². The molecule has 1 aromatic carbocycles. The molecule has 7 atom stereocenters. The average molecular weight is 489 g/mol. The Morgan fingerprint density at radius 2 is 1.77 bits per heavy atom. The largest absolute Gasteiger partial charge is 0.497 e. The van der Waals surface area contributed by atoms with E-state index in [1.165, 1.54) is 0 Å². The minimum absolute atomic E-state index is 0.0263. The van der Waals surface area contributed by atoms with E-state index < -0.39 is 47.2 Å². The Balaban J connectivity index is 2.03. The van der Waals surface area contributed by atoms with E-state index in [1.807, 2.05) is 27.7 Å². The number of esters is 2. The first-order valence-electron chi connectivity index (χ1n) is 12.5. The zero-order chi connectivity index (χ0) is 26.1. The van der Waals surface area contributed by atoms with Gasteiger partial charge in [-0.2, -0.15) is 0 Å². The molecular formula is C28H40O7. The monoisotopic (exact) mass is 488 g/mol. The van der Waals surface area contributed by atoms with Crippen molar-refractivity contribution in [1.29, 1.82) is 0 Å². The van der Waals surface area contributed by atoms with Crippen molar-refractivity contribution in [3.8, 4) is 5.75 Å². The van der Waals surface area contributed by atoms with Crippen molar-refractivity contribution < 1.29 is 34.0 Å². The fourth-order valence-corrected chi connectivity index (χ4v) is 5.95. The first-order chi connectivity index (χ1) is 16.4. The minimum atomic E-state index is -1.30. The van der Waals surface area contributed by atoms with Crippen LogP contribution in [0.2, 0.25) is 0 Å². The lowest BCUT2D eigenvalue weighted by Gasteiger charge is -2.45. The van der Waals surface area contributed by atoms with Gasteiger partial charge in [0, 0.05) is 23.3 Å². The Hall–Kier alpha value is -2.38. The highest BCUT2D eigenvalue weighted by Gasteiger charge is 2.68. The summed E-state index contributed by atoms with van der Waals surface area (Å²) in [4.78, 5) is 25.9. The number of rotatable bonds is 6. The zero-order valence-corrected chi connectivity index (χ0v) is 21.9. The van der Waals surface area contributed by atoms with Gasteiger partial charge in [-0.25, -0.2) is 9.59 Å². The minimum Gasteiger partial charge on any atom is -0.497 e. The lowest BCUT2D eigenvalue weighted by Crippen LogP contribution is -2.54. The van der Waals surface area contributed by atoms with Gasteiger partial charge in [0.2, 0.25) is 0 Å². The van der Waals surface area contributed by atoms with Crippen molar-refractivity contribution in [1.82, 2.24) is 0 Å². The second-order valence-electron chi connectivity index (χ2n) is 10.8. The van der Waals surface area contributed by atoms with Crippen LogP contribution < -0.4 is 4.74 Å². The van der Waals surface area contributed by atoms with Gasteiger partial charge in [-0.3, -0.25) is 0 Å². The maximum absolute atomic E-state index is 13.2. The van der Waals surface area contributed by atoms with Crippen molar-refractivity contribution in [3.05, 3.63) is 41.5 Å². The highest BCUT2D eigenvalue weighted by atomic mass is 16.6. The first-order valence-corrected chi connectivity index (χ1v) is 12.5. The molecule has 3 rings (SSSR count). The maximum Gasteiger partial charge on any atom is 0.338 e. The van der Waals surface area contributed by atoms with E-state index in [0.717, 1.165) is 0 Å².